The molecule has 1 aliphatic rings. The molecule has 1 aliphatic carbocycles. The predicted molar refractivity (Wildman–Crippen MR) is 82.3 cm³/mol. The number of hydrogen-bond donors (Lipinski definition) is 1. The SMILES string of the molecule is CN(C)C(c1ccc(C(C)(C)C)cc1)C1CC(N)C1. The Balaban J connectivity index is 2.19. The summed E-state index contributed by atoms with van der Waals surface area (Å²) in [6, 6.07) is 10.1. The van der Waals surface area contributed by atoms with E-state index >= 15 is 0 Å². The van der Waals surface area contributed by atoms with Crippen LogP contribution in [-0.2, 0) is 5.41 Å². The van der Waals surface area contributed by atoms with E-state index in [9.17, 15) is 0 Å². The summed E-state index contributed by atoms with van der Waals surface area (Å²) in [4.78, 5) is 2.34. The summed E-state index contributed by atoms with van der Waals surface area (Å²) in [7, 11) is 4.35. The summed E-state index contributed by atoms with van der Waals surface area (Å²) in [5.74, 6) is 0.713. The quantitative estimate of drug-likeness (QED) is 0.903. The highest BCUT2D eigenvalue weighted by Crippen LogP contribution is 2.40. The van der Waals surface area contributed by atoms with Crippen molar-refractivity contribution in [1.29, 1.82) is 0 Å². The maximum absolute atomic E-state index is 5.95. The first-order valence-corrected chi connectivity index (χ1v) is 7.31. The molecule has 1 atom stereocenters. The summed E-state index contributed by atoms with van der Waals surface area (Å²) in [5.41, 5.74) is 9.00. The molecule has 1 fully saturated rings. The Bertz CT molecular complexity index is 408. The highest BCUT2D eigenvalue weighted by atomic mass is 15.1. The zero-order valence-electron chi connectivity index (χ0n) is 13.0. The standard InChI is InChI=1S/C17H28N2/c1-17(2,3)14-8-6-12(7-9-14)16(19(4)5)13-10-15(18)11-13/h6-9,13,15-16H,10-11,18H2,1-5H3. The van der Waals surface area contributed by atoms with Crippen LogP contribution in [0.3, 0.4) is 0 Å². The highest BCUT2D eigenvalue weighted by Gasteiger charge is 2.35. The molecule has 2 N–H and O–H groups in total. The molecule has 2 nitrogen and oxygen atoms in total. The molecule has 0 amide bonds. The van der Waals surface area contributed by atoms with Gasteiger partial charge in [0.15, 0.2) is 0 Å². The third kappa shape index (κ3) is 3.18. The van der Waals surface area contributed by atoms with Crippen LogP contribution in [0.25, 0.3) is 0 Å². The highest BCUT2D eigenvalue weighted by molar-refractivity contribution is 5.30. The van der Waals surface area contributed by atoms with E-state index in [1.807, 2.05) is 0 Å². The molecule has 1 aromatic carbocycles. The van der Waals surface area contributed by atoms with Crippen LogP contribution >= 0.6 is 0 Å². The molecule has 0 aliphatic heterocycles. The first kappa shape index (κ1) is 14.5. The molecule has 2 rings (SSSR count). The van der Waals surface area contributed by atoms with Crippen LogP contribution in [0.2, 0.25) is 0 Å². The summed E-state index contributed by atoms with van der Waals surface area (Å²) < 4.78 is 0. The fourth-order valence-electron chi connectivity index (χ4n) is 3.14. The van der Waals surface area contributed by atoms with Crippen LogP contribution in [0, 0.1) is 5.92 Å². The second kappa shape index (κ2) is 5.26. The molecular weight excluding hydrogens is 232 g/mol. The Labute approximate surface area is 118 Å². The molecule has 2 heteroatoms. The zero-order valence-corrected chi connectivity index (χ0v) is 13.0. The molecule has 0 heterocycles. The van der Waals surface area contributed by atoms with Crippen LogP contribution in [0.4, 0.5) is 0 Å². The smallest absolute Gasteiger partial charge is 0.0371 e. The van der Waals surface area contributed by atoms with Gasteiger partial charge in [0, 0.05) is 12.1 Å². The van der Waals surface area contributed by atoms with Gasteiger partial charge in [-0.05, 0) is 49.4 Å². The topological polar surface area (TPSA) is 29.3 Å². The van der Waals surface area contributed by atoms with E-state index in [0.717, 1.165) is 12.8 Å². The van der Waals surface area contributed by atoms with Crippen molar-refractivity contribution in [2.75, 3.05) is 14.1 Å². The van der Waals surface area contributed by atoms with Gasteiger partial charge in [-0.1, -0.05) is 45.0 Å². The van der Waals surface area contributed by atoms with Crippen molar-refractivity contribution in [3.05, 3.63) is 35.4 Å². The minimum absolute atomic E-state index is 0.227. The van der Waals surface area contributed by atoms with Crippen LogP contribution in [0.5, 0.6) is 0 Å². The third-order valence-corrected chi connectivity index (χ3v) is 4.33. The number of rotatable bonds is 3. The predicted octanol–water partition coefficient (Wildman–Crippen LogP) is 3.32. The summed E-state index contributed by atoms with van der Waals surface area (Å²) in [6.45, 7) is 6.78. The fourth-order valence-corrected chi connectivity index (χ4v) is 3.14. The van der Waals surface area contributed by atoms with Gasteiger partial charge in [-0.25, -0.2) is 0 Å². The second-order valence-electron chi connectivity index (χ2n) is 7.27. The number of nitrogens with zero attached hydrogens (tertiary/aromatic N) is 1. The molecule has 19 heavy (non-hydrogen) atoms. The monoisotopic (exact) mass is 260 g/mol. The molecule has 0 aromatic heterocycles. The van der Waals surface area contributed by atoms with Gasteiger partial charge in [-0.15, -0.1) is 0 Å². The van der Waals surface area contributed by atoms with E-state index in [-0.39, 0.29) is 5.41 Å². The van der Waals surface area contributed by atoms with Crippen molar-refractivity contribution in [2.45, 2.75) is 51.1 Å². The number of hydrogen-bond acceptors (Lipinski definition) is 2. The van der Waals surface area contributed by atoms with Crippen molar-refractivity contribution in [3.8, 4) is 0 Å². The van der Waals surface area contributed by atoms with Crippen molar-refractivity contribution >= 4 is 0 Å². The van der Waals surface area contributed by atoms with Crippen molar-refractivity contribution in [1.82, 2.24) is 4.90 Å². The molecular formula is C17H28N2. The second-order valence-corrected chi connectivity index (χ2v) is 7.27. The van der Waals surface area contributed by atoms with E-state index in [1.54, 1.807) is 0 Å². The molecule has 1 saturated carbocycles. The van der Waals surface area contributed by atoms with Crippen LogP contribution < -0.4 is 5.73 Å². The Kier molecular flexibility index (Phi) is 4.03. The summed E-state index contributed by atoms with van der Waals surface area (Å²) in [5, 5.41) is 0. The van der Waals surface area contributed by atoms with Gasteiger partial charge in [-0.2, -0.15) is 0 Å². The maximum atomic E-state index is 5.95. The maximum Gasteiger partial charge on any atom is 0.0371 e. The normalized spacial score (nSPS) is 25.2. The van der Waals surface area contributed by atoms with E-state index in [0.29, 0.717) is 18.0 Å². The lowest BCUT2D eigenvalue weighted by molar-refractivity contribution is 0.123. The summed E-state index contributed by atoms with van der Waals surface area (Å²) in [6.07, 6.45) is 2.31. The Hall–Kier alpha value is -0.860. The lowest BCUT2D eigenvalue weighted by atomic mass is 9.73. The lowest BCUT2D eigenvalue weighted by Crippen LogP contribution is -2.43. The van der Waals surface area contributed by atoms with Gasteiger partial charge < -0.3 is 10.6 Å². The minimum Gasteiger partial charge on any atom is -0.328 e. The lowest BCUT2D eigenvalue weighted by Gasteiger charge is -2.42. The largest absolute Gasteiger partial charge is 0.328 e. The molecule has 1 aromatic rings. The average Bonchev–Trinajstić information content (AvgIpc) is 2.26. The van der Waals surface area contributed by atoms with Crippen molar-refractivity contribution < 1.29 is 0 Å². The van der Waals surface area contributed by atoms with E-state index in [1.165, 1.54) is 11.1 Å². The molecule has 0 saturated heterocycles. The van der Waals surface area contributed by atoms with Gasteiger partial charge in [0.1, 0.15) is 0 Å². The van der Waals surface area contributed by atoms with E-state index in [2.05, 4.69) is 64.0 Å². The van der Waals surface area contributed by atoms with Gasteiger partial charge in [0.25, 0.3) is 0 Å². The van der Waals surface area contributed by atoms with Gasteiger partial charge in [-0.3, -0.25) is 0 Å². The number of nitrogens with two attached hydrogens (primary N) is 1. The molecule has 106 valence electrons. The summed E-state index contributed by atoms with van der Waals surface area (Å²) >= 11 is 0. The van der Waals surface area contributed by atoms with Crippen LogP contribution in [0.1, 0.15) is 50.8 Å². The van der Waals surface area contributed by atoms with Crippen molar-refractivity contribution in [3.63, 3.8) is 0 Å². The minimum atomic E-state index is 0.227. The molecule has 0 spiro atoms. The van der Waals surface area contributed by atoms with Crippen molar-refractivity contribution in [2.24, 2.45) is 11.7 Å². The first-order chi connectivity index (χ1) is 8.79. The van der Waals surface area contributed by atoms with Crippen LogP contribution in [-0.4, -0.2) is 25.0 Å². The molecule has 0 radical (unpaired) electrons. The van der Waals surface area contributed by atoms with Gasteiger partial charge >= 0.3 is 0 Å². The third-order valence-electron chi connectivity index (χ3n) is 4.33. The first-order valence-electron chi connectivity index (χ1n) is 7.31. The molecule has 0 bridgehead atoms. The van der Waals surface area contributed by atoms with Crippen LogP contribution in [0.15, 0.2) is 24.3 Å². The van der Waals surface area contributed by atoms with E-state index < -0.39 is 0 Å². The fraction of sp³-hybridized carbons (Fsp3) is 0.647. The Morgan fingerprint density at radius 1 is 1.11 bits per heavy atom. The van der Waals surface area contributed by atoms with E-state index in [4.69, 9.17) is 5.73 Å². The van der Waals surface area contributed by atoms with Gasteiger partial charge in [0.2, 0.25) is 0 Å². The van der Waals surface area contributed by atoms with Gasteiger partial charge in [0.05, 0.1) is 0 Å². The Morgan fingerprint density at radius 3 is 2.00 bits per heavy atom. The average molecular weight is 260 g/mol. The zero-order chi connectivity index (χ0) is 14.2. The Morgan fingerprint density at radius 2 is 1.63 bits per heavy atom. The molecule has 1 unspecified atom stereocenters. The number of benzene rings is 1.